The molecular weight excluding hydrogens is 184 g/mol. The molecule has 82 valence electrons. The van der Waals surface area contributed by atoms with Crippen LogP contribution >= 0.6 is 0 Å². The summed E-state index contributed by atoms with van der Waals surface area (Å²) in [7, 11) is 0. The van der Waals surface area contributed by atoms with Crippen LogP contribution in [0.4, 0.5) is 5.69 Å². The summed E-state index contributed by atoms with van der Waals surface area (Å²) in [4.78, 5) is 4.05. The number of nitrogen functional groups attached to an aromatic ring is 1. The molecule has 0 amide bonds. The molecule has 0 radical (unpaired) electrons. The van der Waals surface area contributed by atoms with Gasteiger partial charge in [-0.25, -0.2) is 0 Å². The first kappa shape index (κ1) is 10.5. The molecule has 0 aromatic carbocycles. The zero-order valence-electron chi connectivity index (χ0n) is 9.61. The average Bonchev–Trinajstić information content (AvgIpc) is 2.23. The van der Waals surface area contributed by atoms with E-state index in [0.717, 1.165) is 17.5 Å². The Morgan fingerprint density at radius 1 is 1.27 bits per heavy atom. The van der Waals surface area contributed by atoms with Gasteiger partial charge in [-0.3, -0.25) is 4.98 Å². The van der Waals surface area contributed by atoms with Crippen molar-refractivity contribution >= 4 is 5.69 Å². The van der Waals surface area contributed by atoms with Gasteiger partial charge in [-0.15, -0.1) is 0 Å². The van der Waals surface area contributed by atoms with E-state index in [4.69, 9.17) is 5.73 Å². The molecule has 2 heteroatoms. The summed E-state index contributed by atoms with van der Waals surface area (Å²) < 4.78 is 0. The lowest BCUT2D eigenvalue weighted by Gasteiger charge is -2.32. The molecular formula is C13H20N2. The number of anilines is 1. The molecule has 0 aliphatic heterocycles. The van der Waals surface area contributed by atoms with E-state index in [0.29, 0.717) is 5.92 Å². The summed E-state index contributed by atoms with van der Waals surface area (Å²) in [6.45, 7) is 4.71. The third-order valence-electron chi connectivity index (χ3n) is 3.93. The van der Waals surface area contributed by atoms with Crippen LogP contribution in [0.15, 0.2) is 18.5 Å². The summed E-state index contributed by atoms with van der Waals surface area (Å²) in [6.07, 6.45) is 7.51. The Labute approximate surface area is 91.9 Å². The van der Waals surface area contributed by atoms with Gasteiger partial charge >= 0.3 is 0 Å². The van der Waals surface area contributed by atoms with Crippen molar-refractivity contribution in [2.45, 2.75) is 39.0 Å². The van der Waals surface area contributed by atoms with E-state index in [1.807, 2.05) is 6.20 Å². The first-order valence-electron chi connectivity index (χ1n) is 5.88. The monoisotopic (exact) mass is 204 g/mol. The van der Waals surface area contributed by atoms with Crippen LogP contribution in [0, 0.1) is 11.8 Å². The topological polar surface area (TPSA) is 38.9 Å². The van der Waals surface area contributed by atoms with Gasteiger partial charge in [0.1, 0.15) is 0 Å². The third kappa shape index (κ3) is 2.14. The average molecular weight is 204 g/mol. The number of rotatable bonds is 1. The molecule has 1 heterocycles. The van der Waals surface area contributed by atoms with Crippen LogP contribution in [0.3, 0.4) is 0 Å². The van der Waals surface area contributed by atoms with Gasteiger partial charge in [-0.2, -0.15) is 0 Å². The fourth-order valence-electron chi connectivity index (χ4n) is 2.62. The molecule has 2 nitrogen and oxygen atoms in total. The number of aromatic nitrogens is 1. The van der Waals surface area contributed by atoms with Crippen LogP contribution < -0.4 is 5.73 Å². The maximum Gasteiger partial charge on any atom is 0.0535 e. The Kier molecular flexibility index (Phi) is 2.94. The van der Waals surface area contributed by atoms with Crippen molar-refractivity contribution in [2.75, 3.05) is 5.73 Å². The Morgan fingerprint density at radius 3 is 2.73 bits per heavy atom. The molecule has 15 heavy (non-hydrogen) atoms. The fraction of sp³-hybridized carbons (Fsp3) is 0.615. The maximum absolute atomic E-state index is 5.97. The number of nitrogens with two attached hydrogens (primary N) is 1. The van der Waals surface area contributed by atoms with E-state index < -0.39 is 0 Å². The minimum absolute atomic E-state index is 0.652. The highest BCUT2D eigenvalue weighted by molar-refractivity contribution is 5.46. The van der Waals surface area contributed by atoms with E-state index in [-0.39, 0.29) is 0 Å². The Morgan fingerprint density at radius 2 is 2.07 bits per heavy atom. The third-order valence-corrected chi connectivity index (χ3v) is 3.93. The van der Waals surface area contributed by atoms with E-state index in [2.05, 4.69) is 24.9 Å². The van der Waals surface area contributed by atoms with Gasteiger partial charge in [0.25, 0.3) is 0 Å². The van der Waals surface area contributed by atoms with E-state index in [1.165, 1.54) is 24.8 Å². The van der Waals surface area contributed by atoms with Crippen LogP contribution in [0.2, 0.25) is 0 Å². The van der Waals surface area contributed by atoms with Crippen molar-refractivity contribution in [3.8, 4) is 0 Å². The predicted molar refractivity (Wildman–Crippen MR) is 63.6 cm³/mol. The smallest absolute Gasteiger partial charge is 0.0535 e. The SMILES string of the molecule is CC1CCC(c2ccncc2N)CC1C. The van der Waals surface area contributed by atoms with Gasteiger partial charge in [0.05, 0.1) is 11.9 Å². The molecule has 1 aromatic heterocycles. The van der Waals surface area contributed by atoms with Crippen molar-refractivity contribution in [2.24, 2.45) is 11.8 Å². The highest BCUT2D eigenvalue weighted by atomic mass is 14.7. The fourth-order valence-corrected chi connectivity index (χ4v) is 2.62. The maximum atomic E-state index is 5.97. The van der Waals surface area contributed by atoms with Gasteiger partial charge in [-0.05, 0) is 48.6 Å². The second-order valence-electron chi connectivity index (χ2n) is 4.97. The molecule has 0 spiro atoms. The van der Waals surface area contributed by atoms with Crippen molar-refractivity contribution in [1.29, 1.82) is 0 Å². The summed E-state index contributed by atoms with van der Waals surface area (Å²) in [5.41, 5.74) is 8.14. The van der Waals surface area contributed by atoms with Gasteiger partial charge in [0.15, 0.2) is 0 Å². The zero-order valence-corrected chi connectivity index (χ0v) is 9.61. The van der Waals surface area contributed by atoms with E-state index >= 15 is 0 Å². The van der Waals surface area contributed by atoms with Crippen molar-refractivity contribution in [1.82, 2.24) is 4.98 Å². The highest BCUT2D eigenvalue weighted by Crippen LogP contribution is 2.40. The molecule has 2 rings (SSSR count). The Balaban J connectivity index is 2.15. The molecule has 3 atom stereocenters. The number of hydrogen-bond acceptors (Lipinski definition) is 2. The largest absolute Gasteiger partial charge is 0.397 e. The minimum Gasteiger partial charge on any atom is -0.397 e. The van der Waals surface area contributed by atoms with E-state index in [1.54, 1.807) is 6.20 Å². The van der Waals surface area contributed by atoms with Crippen molar-refractivity contribution in [3.63, 3.8) is 0 Å². The standard InChI is InChI=1S/C13H20N2/c1-9-3-4-11(7-10(9)2)12-5-6-15-8-13(12)14/h5-6,8-11H,3-4,7,14H2,1-2H3. The first-order valence-corrected chi connectivity index (χ1v) is 5.88. The van der Waals surface area contributed by atoms with Crippen LogP contribution in [0.1, 0.15) is 44.6 Å². The molecule has 0 bridgehead atoms. The van der Waals surface area contributed by atoms with Crippen LogP contribution in [0.5, 0.6) is 0 Å². The Hall–Kier alpha value is -1.05. The summed E-state index contributed by atoms with van der Waals surface area (Å²) in [6, 6.07) is 2.09. The molecule has 1 saturated carbocycles. The van der Waals surface area contributed by atoms with Crippen LogP contribution in [0.25, 0.3) is 0 Å². The van der Waals surface area contributed by atoms with Gasteiger partial charge in [0.2, 0.25) is 0 Å². The molecule has 1 fully saturated rings. The lowest BCUT2D eigenvalue weighted by Crippen LogP contribution is -2.20. The highest BCUT2D eigenvalue weighted by Gasteiger charge is 2.26. The molecule has 1 aliphatic carbocycles. The number of nitrogens with zero attached hydrogens (tertiary/aromatic N) is 1. The van der Waals surface area contributed by atoms with Crippen molar-refractivity contribution < 1.29 is 0 Å². The lowest BCUT2D eigenvalue weighted by molar-refractivity contribution is 0.251. The van der Waals surface area contributed by atoms with Gasteiger partial charge in [-0.1, -0.05) is 13.8 Å². The minimum atomic E-state index is 0.652. The van der Waals surface area contributed by atoms with Crippen LogP contribution in [-0.4, -0.2) is 4.98 Å². The molecule has 3 unspecified atom stereocenters. The Bertz CT molecular complexity index is 335. The molecule has 2 N–H and O–H groups in total. The lowest BCUT2D eigenvalue weighted by atomic mass is 9.73. The first-order chi connectivity index (χ1) is 7.18. The number of pyridine rings is 1. The molecule has 0 saturated heterocycles. The molecule has 1 aliphatic rings. The van der Waals surface area contributed by atoms with Crippen molar-refractivity contribution in [3.05, 3.63) is 24.0 Å². The summed E-state index contributed by atoms with van der Waals surface area (Å²) in [5.74, 6) is 2.33. The second-order valence-corrected chi connectivity index (χ2v) is 4.97. The zero-order chi connectivity index (χ0) is 10.8. The van der Waals surface area contributed by atoms with Gasteiger partial charge < -0.3 is 5.73 Å². The predicted octanol–water partition coefficient (Wildman–Crippen LogP) is 3.20. The van der Waals surface area contributed by atoms with E-state index in [9.17, 15) is 0 Å². The van der Waals surface area contributed by atoms with Crippen LogP contribution in [-0.2, 0) is 0 Å². The normalized spacial score (nSPS) is 31.5. The summed E-state index contributed by atoms with van der Waals surface area (Å²) >= 11 is 0. The number of hydrogen-bond donors (Lipinski definition) is 1. The summed E-state index contributed by atoms with van der Waals surface area (Å²) in [5, 5.41) is 0. The second kappa shape index (κ2) is 4.21. The quantitative estimate of drug-likeness (QED) is 0.763. The molecule has 1 aromatic rings. The van der Waals surface area contributed by atoms with Gasteiger partial charge in [0, 0.05) is 6.20 Å².